The molecule has 1 saturated heterocycles. The van der Waals surface area contributed by atoms with E-state index in [0.717, 1.165) is 66.0 Å². The monoisotopic (exact) mass is 572 g/mol. The number of anilines is 1. The van der Waals surface area contributed by atoms with Crippen molar-refractivity contribution in [2.45, 2.75) is 56.9 Å². The fraction of sp³-hybridized carbons (Fsp3) is 0.400. The molecule has 0 spiro atoms. The van der Waals surface area contributed by atoms with Gasteiger partial charge in [0.15, 0.2) is 5.65 Å². The summed E-state index contributed by atoms with van der Waals surface area (Å²) < 4.78 is 2.72. The maximum Gasteiger partial charge on any atom is 0.230 e. The maximum absolute atomic E-state index is 13.9. The Balaban J connectivity index is 1.19. The van der Waals surface area contributed by atoms with E-state index in [1.165, 1.54) is 18.4 Å². The minimum Gasteiger partial charge on any atom is -0.366 e. The molecule has 2 fully saturated rings. The first-order chi connectivity index (χ1) is 18.7. The van der Waals surface area contributed by atoms with Crippen LogP contribution in [0.1, 0.15) is 67.2 Å². The highest BCUT2D eigenvalue weighted by molar-refractivity contribution is 9.10. The van der Waals surface area contributed by atoms with Crippen molar-refractivity contribution in [3.05, 3.63) is 88.4 Å². The van der Waals surface area contributed by atoms with Gasteiger partial charge in [-0.2, -0.15) is 9.61 Å². The second-order valence-corrected chi connectivity index (χ2v) is 11.4. The van der Waals surface area contributed by atoms with Gasteiger partial charge >= 0.3 is 0 Å². The second-order valence-electron chi connectivity index (χ2n) is 10.5. The average molecular weight is 574 g/mol. The quantitative estimate of drug-likeness (QED) is 0.286. The number of halogens is 1. The SMILES string of the molecule is O=C(C(c1ccccc1)C1CCCC1)N1CCC(c2cc(NCc3cccnc3)n3ncc(Br)c3n2)CC1. The summed E-state index contributed by atoms with van der Waals surface area (Å²) in [4.78, 5) is 25.2. The minimum absolute atomic E-state index is 0.0178. The number of benzene rings is 1. The summed E-state index contributed by atoms with van der Waals surface area (Å²) in [7, 11) is 0. The van der Waals surface area contributed by atoms with Gasteiger partial charge in [0, 0.05) is 49.7 Å². The van der Waals surface area contributed by atoms with Gasteiger partial charge in [-0.05, 0) is 64.7 Å². The number of piperidine rings is 1. The summed E-state index contributed by atoms with van der Waals surface area (Å²) >= 11 is 3.62. The van der Waals surface area contributed by atoms with Gasteiger partial charge in [-0.1, -0.05) is 49.2 Å². The van der Waals surface area contributed by atoms with Crippen molar-refractivity contribution in [2.75, 3.05) is 18.4 Å². The lowest BCUT2D eigenvalue weighted by Gasteiger charge is -2.36. The van der Waals surface area contributed by atoms with E-state index in [1.54, 1.807) is 12.4 Å². The molecule has 1 aromatic carbocycles. The summed E-state index contributed by atoms with van der Waals surface area (Å²) in [6.07, 6.45) is 12.0. The number of nitrogens with zero attached hydrogens (tertiary/aromatic N) is 5. The molecule has 4 heterocycles. The zero-order valence-electron chi connectivity index (χ0n) is 21.5. The molecule has 1 atom stereocenters. The van der Waals surface area contributed by atoms with Crippen molar-refractivity contribution in [3.8, 4) is 0 Å². The first kappa shape index (κ1) is 25.0. The normalized spacial score (nSPS) is 17.7. The van der Waals surface area contributed by atoms with Crippen molar-refractivity contribution in [2.24, 2.45) is 5.92 Å². The van der Waals surface area contributed by atoms with Gasteiger partial charge in [-0.25, -0.2) is 4.98 Å². The standard InChI is InChI=1S/C30H33BrN6O/c31-25-20-34-37-27(33-19-21-7-6-14-32-18-21)17-26(35-29(25)37)22-12-15-36(16-13-22)30(38)28(24-10-4-5-11-24)23-8-2-1-3-9-23/h1-3,6-9,14,17-18,20,22,24,28,33H,4-5,10-13,15-16,19H2. The van der Waals surface area contributed by atoms with E-state index in [1.807, 2.05) is 22.8 Å². The van der Waals surface area contributed by atoms with Crippen LogP contribution in [0.5, 0.6) is 0 Å². The number of hydrogen-bond acceptors (Lipinski definition) is 5. The smallest absolute Gasteiger partial charge is 0.230 e. The molecule has 1 amide bonds. The zero-order chi connectivity index (χ0) is 25.9. The third-order valence-corrected chi connectivity index (χ3v) is 8.73. The van der Waals surface area contributed by atoms with Crippen LogP contribution in [0.3, 0.4) is 0 Å². The molecule has 0 radical (unpaired) electrons. The summed E-state index contributed by atoms with van der Waals surface area (Å²) in [5, 5.41) is 8.04. The molecule has 1 aliphatic carbocycles. The molecular formula is C30H33BrN6O. The predicted molar refractivity (Wildman–Crippen MR) is 152 cm³/mol. The van der Waals surface area contributed by atoms with Gasteiger partial charge in [0.1, 0.15) is 5.82 Å². The Labute approximate surface area is 231 Å². The van der Waals surface area contributed by atoms with Crippen LogP contribution in [0.2, 0.25) is 0 Å². The van der Waals surface area contributed by atoms with Crippen molar-refractivity contribution < 1.29 is 4.79 Å². The number of hydrogen-bond donors (Lipinski definition) is 1. The highest BCUT2D eigenvalue weighted by Gasteiger charge is 2.36. The van der Waals surface area contributed by atoms with E-state index in [0.29, 0.717) is 24.3 Å². The average Bonchev–Trinajstić information content (AvgIpc) is 3.63. The second kappa shape index (κ2) is 11.2. The maximum atomic E-state index is 13.9. The van der Waals surface area contributed by atoms with E-state index in [4.69, 9.17) is 4.98 Å². The molecule has 6 rings (SSSR count). The Kier molecular flexibility index (Phi) is 7.40. The molecule has 1 unspecified atom stereocenters. The van der Waals surface area contributed by atoms with Gasteiger partial charge in [0.2, 0.25) is 5.91 Å². The number of amides is 1. The lowest BCUT2D eigenvalue weighted by atomic mass is 9.83. The third kappa shape index (κ3) is 5.19. The number of rotatable bonds is 7. The molecule has 3 aromatic heterocycles. The predicted octanol–water partition coefficient (Wildman–Crippen LogP) is 6.18. The van der Waals surface area contributed by atoms with Crippen LogP contribution in [-0.4, -0.2) is 43.5 Å². The fourth-order valence-electron chi connectivity index (χ4n) is 6.15. The van der Waals surface area contributed by atoms with Crippen LogP contribution in [0, 0.1) is 5.92 Å². The molecule has 8 heteroatoms. The van der Waals surface area contributed by atoms with Crippen LogP contribution in [-0.2, 0) is 11.3 Å². The summed E-state index contributed by atoms with van der Waals surface area (Å²) in [6.45, 7) is 2.19. The lowest BCUT2D eigenvalue weighted by Crippen LogP contribution is -2.42. The largest absolute Gasteiger partial charge is 0.366 e. The topological polar surface area (TPSA) is 75.4 Å². The molecule has 7 nitrogen and oxygen atoms in total. The van der Waals surface area contributed by atoms with Crippen LogP contribution in [0.25, 0.3) is 5.65 Å². The van der Waals surface area contributed by atoms with Crippen molar-refractivity contribution >= 4 is 33.3 Å². The molecule has 1 N–H and O–H groups in total. The Hall–Kier alpha value is -3.26. The number of carbonyl (C=O) groups excluding carboxylic acids is 1. The van der Waals surface area contributed by atoms with Crippen LogP contribution >= 0.6 is 15.9 Å². The first-order valence-electron chi connectivity index (χ1n) is 13.7. The molecule has 196 valence electrons. The van der Waals surface area contributed by atoms with Crippen LogP contribution in [0.4, 0.5) is 5.82 Å². The van der Waals surface area contributed by atoms with Gasteiger partial charge in [0.05, 0.1) is 16.6 Å². The van der Waals surface area contributed by atoms with E-state index in [2.05, 4.69) is 72.6 Å². The molecule has 1 saturated carbocycles. The highest BCUT2D eigenvalue weighted by Crippen LogP contribution is 2.40. The lowest BCUT2D eigenvalue weighted by molar-refractivity contribution is -0.135. The van der Waals surface area contributed by atoms with Gasteiger partial charge < -0.3 is 10.2 Å². The number of fused-ring (bicyclic) bond motifs is 1. The summed E-state index contributed by atoms with van der Waals surface area (Å²) in [5.41, 5.74) is 4.14. The van der Waals surface area contributed by atoms with E-state index >= 15 is 0 Å². The minimum atomic E-state index is -0.0178. The Morgan fingerprint density at radius 2 is 1.82 bits per heavy atom. The van der Waals surface area contributed by atoms with E-state index in [-0.39, 0.29) is 5.92 Å². The number of nitrogens with one attached hydrogen (secondary N) is 1. The first-order valence-corrected chi connectivity index (χ1v) is 14.5. The van der Waals surface area contributed by atoms with Gasteiger partial charge in [0.25, 0.3) is 0 Å². The Bertz CT molecular complexity index is 1380. The van der Waals surface area contributed by atoms with Crippen molar-refractivity contribution in [3.63, 3.8) is 0 Å². The van der Waals surface area contributed by atoms with Crippen LogP contribution in [0.15, 0.2) is 71.6 Å². The Morgan fingerprint density at radius 3 is 2.55 bits per heavy atom. The van der Waals surface area contributed by atoms with Crippen molar-refractivity contribution in [1.82, 2.24) is 24.5 Å². The van der Waals surface area contributed by atoms with Crippen LogP contribution < -0.4 is 5.32 Å². The van der Waals surface area contributed by atoms with Gasteiger partial charge in [-0.3, -0.25) is 9.78 Å². The molecular weight excluding hydrogens is 540 g/mol. The molecule has 2 aliphatic rings. The summed E-state index contributed by atoms with van der Waals surface area (Å²) in [5.74, 6) is 1.95. The van der Waals surface area contributed by atoms with E-state index in [9.17, 15) is 4.79 Å². The van der Waals surface area contributed by atoms with E-state index < -0.39 is 0 Å². The molecule has 38 heavy (non-hydrogen) atoms. The number of likely N-dealkylation sites (tertiary alicyclic amines) is 1. The van der Waals surface area contributed by atoms with Gasteiger partial charge in [-0.15, -0.1) is 0 Å². The van der Waals surface area contributed by atoms with Crippen molar-refractivity contribution in [1.29, 1.82) is 0 Å². The zero-order valence-corrected chi connectivity index (χ0v) is 23.1. The number of pyridine rings is 1. The fourth-order valence-corrected chi connectivity index (χ4v) is 6.49. The highest BCUT2D eigenvalue weighted by atomic mass is 79.9. The molecule has 0 bridgehead atoms. The third-order valence-electron chi connectivity index (χ3n) is 8.17. The molecule has 4 aromatic rings. The Morgan fingerprint density at radius 1 is 1.03 bits per heavy atom. The number of carbonyl (C=O) groups is 1. The molecule has 1 aliphatic heterocycles. The number of aromatic nitrogens is 4. The summed E-state index contributed by atoms with van der Waals surface area (Å²) in [6, 6.07) is 16.6.